The van der Waals surface area contributed by atoms with Crippen LogP contribution in [0, 0.1) is 10.1 Å². The Labute approximate surface area is 121 Å². The maximum Gasteiger partial charge on any atom is 0.322 e. The fraction of sp³-hybridized carbons (Fsp3) is 0.133. The Balaban J connectivity index is 2.18. The molecule has 6 nitrogen and oxygen atoms in total. The Bertz CT molecular complexity index is 715. The first-order valence-electron chi connectivity index (χ1n) is 6.45. The van der Waals surface area contributed by atoms with Crippen LogP contribution in [0.1, 0.15) is 17.2 Å². The number of benzene rings is 2. The Morgan fingerprint density at radius 1 is 1.19 bits per heavy atom. The topological polar surface area (TPSA) is 75.5 Å². The number of anilines is 1. The highest BCUT2D eigenvalue weighted by atomic mass is 16.6. The summed E-state index contributed by atoms with van der Waals surface area (Å²) in [5.41, 5.74) is 2.26. The van der Waals surface area contributed by atoms with E-state index in [2.05, 4.69) is 5.32 Å². The molecule has 2 aromatic rings. The van der Waals surface area contributed by atoms with Gasteiger partial charge in [0.15, 0.2) is 0 Å². The number of amides is 2. The molecule has 0 aliphatic carbocycles. The van der Waals surface area contributed by atoms with Crippen molar-refractivity contribution in [1.82, 2.24) is 4.90 Å². The molecule has 3 rings (SSSR count). The van der Waals surface area contributed by atoms with Gasteiger partial charge in [-0.3, -0.25) is 10.1 Å². The van der Waals surface area contributed by atoms with E-state index in [4.69, 9.17) is 0 Å². The highest BCUT2D eigenvalue weighted by molar-refractivity contribution is 5.93. The molecule has 21 heavy (non-hydrogen) atoms. The minimum absolute atomic E-state index is 0.0132. The van der Waals surface area contributed by atoms with Gasteiger partial charge in [-0.05, 0) is 11.6 Å². The number of carbonyl (C=O) groups excluding carboxylic acids is 1. The number of carbonyl (C=O) groups is 1. The van der Waals surface area contributed by atoms with Crippen molar-refractivity contribution in [2.45, 2.75) is 6.04 Å². The number of rotatable bonds is 2. The second-order valence-corrected chi connectivity index (χ2v) is 4.88. The summed E-state index contributed by atoms with van der Waals surface area (Å²) in [7, 11) is 1.68. The summed E-state index contributed by atoms with van der Waals surface area (Å²) in [6.45, 7) is 0. The predicted molar refractivity (Wildman–Crippen MR) is 78.2 cm³/mol. The predicted octanol–water partition coefficient (Wildman–Crippen LogP) is 3.16. The number of nitro benzene ring substituents is 1. The first kappa shape index (κ1) is 13.1. The highest BCUT2D eigenvalue weighted by Gasteiger charge is 2.32. The van der Waals surface area contributed by atoms with Crippen molar-refractivity contribution in [3.8, 4) is 0 Å². The van der Waals surface area contributed by atoms with Gasteiger partial charge in [-0.15, -0.1) is 0 Å². The summed E-state index contributed by atoms with van der Waals surface area (Å²) in [5, 5.41) is 13.7. The second kappa shape index (κ2) is 4.90. The monoisotopic (exact) mass is 283 g/mol. The lowest BCUT2D eigenvalue weighted by Gasteiger charge is -2.35. The molecule has 0 spiro atoms. The Morgan fingerprint density at radius 2 is 1.90 bits per heavy atom. The molecule has 0 saturated carbocycles. The molecule has 2 amide bonds. The van der Waals surface area contributed by atoms with Crippen molar-refractivity contribution in [3.63, 3.8) is 0 Å². The third kappa shape index (κ3) is 2.20. The number of fused-ring (bicyclic) bond motifs is 1. The van der Waals surface area contributed by atoms with Gasteiger partial charge in [-0.25, -0.2) is 4.79 Å². The average Bonchev–Trinajstić information content (AvgIpc) is 2.49. The van der Waals surface area contributed by atoms with Crippen molar-refractivity contribution < 1.29 is 9.72 Å². The Morgan fingerprint density at radius 3 is 2.57 bits per heavy atom. The standard InChI is InChI=1S/C15H13N3O3/c1-17-14(10-5-3-2-4-6-10)12-9-11(18(20)21)7-8-13(12)16-15(17)19/h2-9,14H,1H3,(H,16,19). The lowest BCUT2D eigenvalue weighted by molar-refractivity contribution is -0.384. The van der Waals surface area contributed by atoms with E-state index in [1.54, 1.807) is 18.0 Å². The van der Waals surface area contributed by atoms with Gasteiger partial charge in [0, 0.05) is 30.4 Å². The zero-order valence-electron chi connectivity index (χ0n) is 11.3. The summed E-state index contributed by atoms with van der Waals surface area (Å²) >= 11 is 0. The van der Waals surface area contributed by atoms with E-state index >= 15 is 0 Å². The van der Waals surface area contributed by atoms with E-state index in [0.29, 0.717) is 5.69 Å². The Kier molecular flexibility index (Phi) is 3.06. The first-order chi connectivity index (χ1) is 10.1. The minimum Gasteiger partial charge on any atom is -0.316 e. The van der Waals surface area contributed by atoms with Crippen molar-refractivity contribution in [3.05, 3.63) is 69.8 Å². The van der Waals surface area contributed by atoms with Crippen LogP contribution in [0.4, 0.5) is 16.2 Å². The van der Waals surface area contributed by atoms with Crippen molar-refractivity contribution in [2.24, 2.45) is 0 Å². The van der Waals surface area contributed by atoms with Crippen LogP contribution in [0.25, 0.3) is 0 Å². The van der Waals surface area contributed by atoms with Crippen LogP contribution in [-0.4, -0.2) is 22.9 Å². The molecule has 0 radical (unpaired) electrons. The fourth-order valence-corrected chi connectivity index (χ4v) is 2.57. The molecule has 0 bridgehead atoms. The van der Waals surface area contributed by atoms with Crippen molar-refractivity contribution >= 4 is 17.4 Å². The molecular formula is C15H13N3O3. The summed E-state index contributed by atoms with van der Waals surface area (Å²) in [5.74, 6) is 0. The SMILES string of the molecule is CN1C(=O)Nc2ccc([N+](=O)[O-])cc2C1c1ccccc1. The zero-order chi connectivity index (χ0) is 15.0. The molecule has 2 aromatic carbocycles. The number of urea groups is 1. The molecule has 1 heterocycles. The van der Waals surface area contributed by atoms with E-state index in [-0.39, 0.29) is 17.8 Å². The molecule has 0 fully saturated rings. The minimum atomic E-state index is -0.432. The summed E-state index contributed by atoms with van der Waals surface area (Å²) in [6.07, 6.45) is 0. The van der Waals surface area contributed by atoms with Crippen molar-refractivity contribution in [2.75, 3.05) is 12.4 Å². The van der Waals surface area contributed by atoms with Gasteiger partial charge in [0.2, 0.25) is 0 Å². The smallest absolute Gasteiger partial charge is 0.316 e. The molecule has 1 aliphatic heterocycles. The van der Waals surface area contributed by atoms with Gasteiger partial charge in [-0.1, -0.05) is 30.3 Å². The van der Waals surface area contributed by atoms with Crippen LogP contribution in [0.15, 0.2) is 48.5 Å². The molecule has 1 unspecified atom stereocenters. The molecule has 1 N–H and O–H groups in total. The van der Waals surface area contributed by atoms with Crippen LogP contribution in [0.2, 0.25) is 0 Å². The highest BCUT2D eigenvalue weighted by Crippen LogP contribution is 2.38. The number of nitrogens with one attached hydrogen (secondary N) is 1. The first-order valence-corrected chi connectivity index (χ1v) is 6.45. The third-order valence-corrected chi connectivity index (χ3v) is 3.61. The molecular weight excluding hydrogens is 270 g/mol. The van der Waals surface area contributed by atoms with Gasteiger partial charge < -0.3 is 10.2 Å². The maximum absolute atomic E-state index is 12.0. The van der Waals surface area contributed by atoms with E-state index < -0.39 is 4.92 Å². The van der Waals surface area contributed by atoms with Crippen LogP contribution >= 0.6 is 0 Å². The van der Waals surface area contributed by atoms with E-state index in [1.807, 2.05) is 30.3 Å². The van der Waals surface area contributed by atoms with Gasteiger partial charge in [-0.2, -0.15) is 0 Å². The quantitative estimate of drug-likeness (QED) is 0.679. The van der Waals surface area contributed by atoms with Crippen LogP contribution < -0.4 is 5.32 Å². The summed E-state index contributed by atoms with van der Waals surface area (Å²) < 4.78 is 0. The normalized spacial score (nSPS) is 17.1. The third-order valence-electron chi connectivity index (χ3n) is 3.61. The van der Waals surface area contributed by atoms with E-state index in [9.17, 15) is 14.9 Å². The van der Waals surface area contributed by atoms with Crippen molar-refractivity contribution in [1.29, 1.82) is 0 Å². The van der Waals surface area contributed by atoms with Gasteiger partial charge >= 0.3 is 6.03 Å². The molecule has 106 valence electrons. The van der Waals surface area contributed by atoms with Gasteiger partial charge in [0.25, 0.3) is 5.69 Å². The van der Waals surface area contributed by atoms with Gasteiger partial charge in [0.1, 0.15) is 0 Å². The largest absolute Gasteiger partial charge is 0.322 e. The van der Waals surface area contributed by atoms with E-state index in [0.717, 1.165) is 11.1 Å². The van der Waals surface area contributed by atoms with Crippen LogP contribution in [-0.2, 0) is 0 Å². The van der Waals surface area contributed by atoms with Gasteiger partial charge in [0.05, 0.1) is 11.0 Å². The number of hydrogen-bond donors (Lipinski definition) is 1. The Hall–Kier alpha value is -2.89. The number of non-ortho nitro benzene ring substituents is 1. The average molecular weight is 283 g/mol. The van der Waals surface area contributed by atoms with Crippen LogP contribution in [0.5, 0.6) is 0 Å². The number of nitro groups is 1. The molecule has 1 atom stereocenters. The number of nitrogens with zero attached hydrogens (tertiary/aromatic N) is 2. The zero-order valence-corrected chi connectivity index (χ0v) is 11.3. The number of hydrogen-bond acceptors (Lipinski definition) is 3. The molecule has 0 saturated heterocycles. The lowest BCUT2D eigenvalue weighted by atomic mass is 9.94. The fourth-order valence-electron chi connectivity index (χ4n) is 2.57. The second-order valence-electron chi connectivity index (χ2n) is 4.88. The van der Waals surface area contributed by atoms with Crippen LogP contribution in [0.3, 0.4) is 0 Å². The van der Waals surface area contributed by atoms with E-state index in [1.165, 1.54) is 12.1 Å². The summed E-state index contributed by atoms with van der Waals surface area (Å²) in [6, 6.07) is 13.4. The maximum atomic E-state index is 12.0. The molecule has 6 heteroatoms. The summed E-state index contributed by atoms with van der Waals surface area (Å²) in [4.78, 5) is 24.1. The molecule has 0 aromatic heterocycles. The molecule has 1 aliphatic rings. The lowest BCUT2D eigenvalue weighted by Crippen LogP contribution is -2.39.